The van der Waals surface area contributed by atoms with Crippen LogP contribution in [-0.2, 0) is 4.79 Å². The van der Waals surface area contributed by atoms with Gasteiger partial charge in [0, 0.05) is 31.5 Å². The second-order valence-corrected chi connectivity index (χ2v) is 3.64. The summed E-state index contributed by atoms with van der Waals surface area (Å²) in [6, 6.07) is 3.68. The minimum absolute atomic E-state index is 0.0162. The summed E-state index contributed by atoms with van der Waals surface area (Å²) in [6.07, 6.45) is 2.63. The summed E-state index contributed by atoms with van der Waals surface area (Å²) in [7, 11) is 1.63. The summed E-state index contributed by atoms with van der Waals surface area (Å²) >= 11 is 0. The molecule has 0 fully saturated rings. The predicted molar refractivity (Wildman–Crippen MR) is 68.6 cm³/mol. The summed E-state index contributed by atoms with van der Waals surface area (Å²) in [6.45, 7) is 3.21. The zero-order valence-corrected chi connectivity index (χ0v) is 10.2. The number of nitrogen functional groups attached to an aromatic ring is 1. The van der Waals surface area contributed by atoms with Crippen molar-refractivity contribution in [1.82, 2.24) is 10.3 Å². The van der Waals surface area contributed by atoms with Crippen LogP contribution in [0.15, 0.2) is 18.3 Å². The Morgan fingerprint density at radius 3 is 2.94 bits per heavy atom. The van der Waals surface area contributed by atoms with Crippen LogP contribution in [-0.4, -0.2) is 31.0 Å². The number of aromatic nitrogens is 1. The number of rotatable bonds is 6. The Morgan fingerprint density at radius 2 is 2.35 bits per heavy atom. The van der Waals surface area contributed by atoms with E-state index in [1.807, 2.05) is 17.0 Å². The number of likely N-dealkylation sites (N-methyl/N-ethyl adjacent to an activating group) is 1. The van der Waals surface area contributed by atoms with Gasteiger partial charge < -0.3 is 15.6 Å². The highest BCUT2D eigenvalue weighted by Crippen LogP contribution is 2.16. The molecular weight excluding hydrogens is 218 g/mol. The van der Waals surface area contributed by atoms with Gasteiger partial charge in [-0.05, 0) is 12.5 Å². The van der Waals surface area contributed by atoms with Crippen LogP contribution in [0.1, 0.15) is 13.3 Å². The van der Waals surface area contributed by atoms with Crippen molar-refractivity contribution in [3.05, 3.63) is 18.3 Å². The average Bonchev–Trinajstić information content (AvgIpc) is 2.38. The van der Waals surface area contributed by atoms with Crippen LogP contribution in [0, 0.1) is 0 Å². The molecule has 0 aliphatic rings. The standard InChI is InChI=1S/C11H19N5O/c1-3-6-16(8-11(17)13-2)9-4-5-14-10(7-9)15-12/h4-5,7H,3,6,8,12H2,1-2H3,(H,13,17)(H,14,15). The highest BCUT2D eigenvalue weighted by atomic mass is 16.1. The number of pyridine rings is 1. The minimum Gasteiger partial charge on any atom is -0.362 e. The topological polar surface area (TPSA) is 83.3 Å². The molecule has 1 rings (SSSR count). The first-order valence-corrected chi connectivity index (χ1v) is 5.59. The summed E-state index contributed by atoms with van der Waals surface area (Å²) < 4.78 is 0. The number of nitrogens with one attached hydrogen (secondary N) is 2. The van der Waals surface area contributed by atoms with Gasteiger partial charge in [0.1, 0.15) is 5.82 Å². The Hall–Kier alpha value is -1.82. The molecule has 0 saturated heterocycles. The van der Waals surface area contributed by atoms with E-state index >= 15 is 0 Å². The second kappa shape index (κ2) is 6.70. The van der Waals surface area contributed by atoms with Crippen molar-refractivity contribution in [2.45, 2.75) is 13.3 Å². The molecule has 1 heterocycles. The van der Waals surface area contributed by atoms with E-state index in [2.05, 4.69) is 22.7 Å². The van der Waals surface area contributed by atoms with Crippen molar-refractivity contribution in [3.8, 4) is 0 Å². The predicted octanol–water partition coefficient (Wildman–Crippen LogP) is 0.330. The third kappa shape index (κ3) is 3.92. The first kappa shape index (κ1) is 13.2. The van der Waals surface area contributed by atoms with Gasteiger partial charge in [0.25, 0.3) is 0 Å². The SMILES string of the molecule is CCCN(CC(=O)NC)c1ccnc(NN)c1. The van der Waals surface area contributed by atoms with Crippen molar-refractivity contribution in [2.75, 3.05) is 30.5 Å². The lowest BCUT2D eigenvalue weighted by atomic mass is 10.3. The van der Waals surface area contributed by atoms with Gasteiger partial charge in [0.2, 0.25) is 5.91 Å². The molecule has 0 unspecified atom stereocenters. The van der Waals surface area contributed by atoms with Gasteiger partial charge in [0.05, 0.1) is 6.54 Å². The van der Waals surface area contributed by atoms with Gasteiger partial charge in [-0.15, -0.1) is 0 Å². The van der Waals surface area contributed by atoms with E-state index in [0.717, 1.165) is 18.7 Å². The van der Waals surface area contributed by atoms with Gasteiger partial charge in [-0.1, -0.05) is 6.92 Å². The smallest absolute Gasteiger partial charge is 0.239 e. The third-order valence-corrected chi connectivity index (χ3v) is 2.36. The molecule has 1 aromatic rings. The fourth-order valence-corrected chi connectivity index (χ4v) is 1.52. The number of hydrogen-bond acceptors (Lipinski definition) is 5. The first-order chi connectivity index (χ1) is 8.21. The molecule has 0 spiro atoms. The number of hydrogen-bond donors (Lipinski definition) is 3. The maximum absolute atomic E-state index is 11.4. The Balaban J connectivity index is 2.84. The molecule has 17 heavy (non-hydrogen) atoms. The molecule has 1 amide bonds. The van der Waals surface area contributed by atoms with Crippen LogP contribution in [0.5, 0.6) is 0 Å². The molecular formula is C11H19N5O. The summed E-state index contributed by atoms with van der Waals surface area (Å²) in [5.41, 5.74) is 3.42. The van der Waals surface area contributed by atoms with Crippen molar-refractivity contribution < 1.29 is 4.79 Å². The number of nitrogens with two attached hydrogens (primary N) is 1. The second-order valence-electron chi connectivity index (χ2n) is 3.64. The Morgan fingerprint density at radius 1 is 1.59 bits per heavy atom. The summed E-state index contributed by atoms with van der Waals surface area (Å²) in [5, 5.41) is 2.62. The number of anilines is 2. The van der Waals surface area contributed by atoms with Crippen LogP contribution < -0.4 is 21.5 Å². The number of hydrazine groups is 1. The van der Waals surface area contributed by atoms with Crippen molar-refractivity contribution in [1.29, 1.82) is 0 Å². The average molecular weight is 237 g/mol. The van der Waals surface area contributed by atoms with E-state index in [1.165, 1.54) is 0 Å². The van der Waals surface area contributed by atoms with Gasteiger partial charge in [-0.2, -0.15) is 0 Å². The quantitative estimate of drug-likeness (QED) is 0.490. The molecule has 0 aromatic carbocycles. The molecule has 94 valence electrons. The number of nitrogens with zero attached hydrogens (tertiary/aromatic N) is 2. The maximum Gasteiger partial charge on any atom is 0.239 e. The molecule has 6 nitrogen and oxygen atoms in total. The lowest BCUT2D eigenvalue weighted by molar-refractivity contribution is -0.119. The molecule has 0 saturated carbocycles. The van der Waals surface area contributed by atoms with Gasteiger partial charge >= 0.3 is 0 Å². The van der Waals surface area contributed by atoms with Crippen LogP contribution in [0.3, 0.4) is 0 Å². The fourth-order valence-electron chi connectivity index (χ4n) is 1.52. The zero-order valence-electron chi connectivity index (χ0n) is 10.2. The Bertz CT molecular complexity index is 369. The van der Waals surface area contributed by atoms with E-state index < -0.39 is 0 Å². The number of carbonyl (C=O) groups excluding carboxylic acids is 1. The third-order valence-electron chi connectivity index (χ3n) is 2.36. The first-order valence-electron chi connectivity index (χ1n) is 5.59. The lowest BCUT2D eigenvalue weighted by Crippen LogP contribution is -2.36. The van der Waals surface area contributed by atoms with Crippen LogP contribution in [0.4, 0.5) is 11.5 Å². The Labute approximate surface area is 101 Å². The molecule has 0 aliphatic heterocycles. The number of amides is 1. The molecule has 0 radical (unpaired) electrons. The minimum atomic E-state index is -0.0162. The van der Waals surface area contributed by atoms with Gasteiger partial charge in [-0.3, -0.25) is 4.79 Å². The highest BCUT2D eigenvalue weighted by Gasteiger charge is 2.10. The zero-order chi connectivity index (χ0) is 12.7. The van der Waals surface area contributed by atoms with Gasteiger partial charge in [0.15, 0.2) is 0 Å². The van der Waals surface area contributed by atoms with E-state index in [4.69, 9.17) is 5.84 Å². The monoisotopic (exact) mass is 237 g/mol. The summed E-state index contributed by atoms with van der Waals surface area (Å²) in [4.78, 5) is 17.4. The molecule has 0 atom stereocenters. The lowest BCUT2D eigenvalue weighted by Gasteiger charge is -2.23. The molecule has 0 aliphatic carbocycles. The van der Waals surface area contributed by atoms with Gasteiger partial charge in [-0.25, -0.2) is 10.8 Å². The molecule has 4 N–H and O–H groups in total. The Kier molecular flexibility index (Phi) is 5.22. The normalized spacial score (nSPS) is 9.82. The van der Waals surface area contributed by atoms with E-state index in [1.54, 1.807) is 13.2 Å². The fraction of sp³-hybridized carbons (Fsp3) is 0.455. The molecule has 1 aromatic heterocycles. The molecule has 0 bridgehead atoms. The number of carbonyl (C=O) groups is 1. The summed E-state index contributed by atoms with van der Waals surface area (Å²) in [5.74, 6) is 5.88. The molecule has 6 heteroatoms. The van der Waals surface area contributed by atoms with Crippen LogP contribution in [0.2, 0.25) is 0 Å². The maximum atomic E-state index is 11.4. The van der Waals surface area contributed by atoms with E-state index in [9.17, 15) is 4.79 Å². The van der Waals surface area contributed by atoms with Crippen molar-refractivity contribution in [2.24, 2.45) is 5.84 Å². The van der Waals surface area contributed by atoms with E-state index in [-0.39, 0.29) is 5.91 Å². The highest BCUT2D eigenvalue weighted by molar-refractivity contribution is 5.81. The van der Waals surface area contributed by atoms with Crippen molar-refractivity contribution in [3.63, 3.8) is 0 Å². The van der Waals surface area contributed by atoms with Crippen LogP contribution in [0.25, 0.3) is 0 Å². The largest absolute Gasteiger partial charge is 0.362 e. The van der Waals surface area contributed by atoms with E-state index in [0.29, 0.717) is 12.4 Å². The van der Waals surface area contributed by atoms with Crippen LogP contribution >= 0.6 is 0 Å². The van der Waals surface area contributed by atoms with Crippen molar-refractivity contribution >= 4 is 17.4 Å².